The van der Waals surface area contributed by atoms with E-state index in [0.29, 0.717) is 26.2 Å². The van der Waals surface area contributed by atoms with Gasteiger partial charge in [0.25, 0.3) is 0 Å². The highest BCUT2D eigenvalue weighted by atomic mass is 16.5. The fourth-order valence-corrected chi connectivity index (χ4v) is 2.48. The number of carboxylic acid groups (broad SMARTS) is 1. The van der Waals surface area contributed by atoms with E-state index in [1.807, 2.05) is 29.2 Å². The van der Waals surface area contributed by atoms with Gasteiger partial charge in [0.2, 0.25) is 5.91 Å². The summed E-state index contributed by atoms with van der Waals surface area (Å²) in [4.78, 5) is 24.7. The van der Waals surface area contributed by atoms with Gasteiger partial charge >= 0.3 is 5.97 Å². The van der Waals surface area contributed by atoms with Gasteiger partial charge in [0.05, 0.1) is 13.0 Å². The summed E-state index contributed by atoms with van der Waals surface area (Å²) in [6.07, 6.45) is -0.173. The number of ether oxygens (including phenoxy) is 1. The van der Waals surface area contributed by atoms with Gasteiger partial charge in [0, 0.05) is 26.7 Å². The monoisotopic (exact) mass is 292 g/mol. The summed E-state index contributed by atoms with van der Waals surface area (Å²) >= 11 is 0. The molecule has 1 aliphatic rings. The van der Waals surface area contributed by atoms with Crippen LogP contribution in [-0.4, -0.2) is 48.1 Å². The molecule has 1 atom stereocenters. The first-order valence-corrected chi connectivity index (χ1v) is 6.90. The number of carboxylic acids is 1. The normalized spacial score (nSPS) is 19.3. The number of rotatable bonds is 6. The fourth-order valence-electron chi connectivity index (χ4n) is 2.48. The maximum atomic E-state index is 11.8. The van der Waals surface area contributed by atoms with Crippen LogP contribution >= 0.6 is 0 Å². The second-order valence-electron chi connectivity index (χ2n) is 5.12. The van der Waals surface area contributed by atoms with Crippen LogP contribution in [0.3, 0.4) is 0 Å². The first-order chi connectivity index (χ1) is 10.1. The van der Waals surface area contributed by atoms with Crippen LogP contribution in [0.4, 0.5) is 0 Å². The Kier molecular flexibility index (Phi) is 5.30. The largest absolute Gasteiger partial charge is 0.481 e. The minimum absolute atomic E-state index is 0.173. The Bertz CT molecular complexity index is 501. The lowest BCUT2D eigenvalue weighted by atomic mass is 10.1. The van der Waals surface area contributed by atoms with E-state index in [4.69, 9.17) is 9.84 Å². The van der Waals surface area contributed by atoms with Crippen LogP contribution in [0.5, 0.6) is 0 Å². The van der Waals surface area contributed by atoms with Gasteiger partial charge in [0.15, 0.2) is 0 Å². The summed E-state index contributed by atoms with van der Waals surface area (Å²) in [5.74, 6) is -1.17. The third-order valence-corrected chi connectivity index (χ3v) is 3.53. The summed E-state index contributed by atoms with van der Waals surface area (Å²) < 4.78 is 5.06. The molecule has 1 aromatic carbocycles. The molecule has 2 N–H and O–H groups in total. The maximum absolute atomic E-state index is 11.8. The highest BCUT2D eigenvalue weighted by Crippen LogP contribution is 2.15. The number of nitrogens with one attached hydrogen (secondary N) is 1. The number of carbonyl (C=O) groups is 2. The Morgan fingerprint density at radius 3 is 2.67 bits per heavy atom. The standard InChI is InChI=1S/C15H20N2O4/c1-21-10-12-4-2-11(3-5-12)9-17-7-6-16-15(20)13(17)8-14(18)19/h2-5,13H,6-10H2,1H3,(H,16,20)(H,18,19). The second-order valence-corrected chi connectivity index (χ2v) is 5.12. The van der Waals surface area contributed by atoms with E-state index in [1.165, 1.54) is 0 Å². The molecule has 0 spiro atoms. The summed E-state index contributed by atoms with van der Waals surface area (Å²) in [6, 6.07) is 7.33. The number of benzene rings is 1. The number of hydrogen-bond acceptors (Lipinski definition) is 4. The number of hydrogen-bond donors (Lipinski definition) is 2. The number of methoxy groups -OCH3 is 1. The Morgan fingerprint density at radius 2 is 2.05 bits per heavy atom. The van der Waals surface area contributed by atoms with Gasteiger partial charge in [-0.15, -0.1) is 0 Å². The molecule has 0 aliphatic carbocycles. The van der Waals surface area contributed by atoms with Crippen LogP contribution < -0.4 is 5.32 Å². The number of piperazine rings is 1. The third-order valence-electron chi connectivity index (χ3n) is 3.53. The van der Waals surface area contributed by atoms with E-state index in [2.05, 4.69) is 5.32 Å². The van der Waals surface area contributed by atoms with Gasteiger partial charge in [0.1, 0.15) is 6.04 Å². The molecule has 1 unspecified atom stereocenters. The quantitative estimate of drug-likeness (QED) is 0.803. The van der Waals surface area contributed by atoms with Crippen molar-refractivity contribution in [2.75, 3.05) is 20.2 Å². The Balaban J connectivity index is 2.04. The molecule has 1 heterocycles. The minimum atomic E-state index is -0.961. The van der Waals surface area contributed by atoms with E-state index < -0.39 is 12.0 Å². The van der Waals surface area contributed by atoms with Crippen molar-refractivity contribution in [2.24, 2.45) is 0 Å². The molecule has 0 bridgehead atoms. The number of aliphatic carboxylic acids is 1. The molecule has 1 aromatic rings. The Hall–Kier alpha value is -1.92. The Morgan fingerprint density at radius 1 is 1.38 bits per heavy atom. The first kappa shape index (κ1) is 15.5. The summed E-state index contributed by atoms with van der Waals surface area (Å²) in [5, 5.41) is 11.7. The molecular formula is C15H20N2O4. The number of carbonyl (C=O) groups excluding carboxylic acids is 1. The van der Waals surface area contributed by atoms with Crippen LogP contribution in [-0.2, 0) is 27.5 Å². The lowest BCUT2D eigenvalue weighted by Crippen LogP contribution is -2.55. The zero-order valence-electron chi connectivity index (χ0n) is 12.0. The molecule has 1 aliphatic heterocycles. The smallest absolute Gasteiger partial charge is 0.305 e. The van der Waals surface area contributed by atoms with Crippen LogP contribution in [0, 0.1) is 0 Å². The minimum Gasteiger partial charge on any atom is -0.481 e. The molecule has 21 heavy (non-hydrogen) atoms. The lowest BCUT2D eigenvalue weighted by molar-refractivity contribution is -0.143. The van der Waals surface area contributed by atoms with Crippen molar-refractivity contribution in [1.82, 2.24) is 10.2 Å². The van der Waals surface area contributed by atoms with E-state index >= 15 is 0 Å². The zero-order valence-corrected chi connectivity index (χ0v) is 12.0. The molecule has 2 rings (SSSR count). The van der Waals surface area contributed by atoms with Gasteiger partial charge in [-0.3, -0.25) is 14.5 Å². The van der Waals surface area contributed by atoms with E-state index in [1.54, 1.807) is 7.11 Å². The summed E-state index contributed by atoms with van der Waals surface area (Å²) in [6.45, 7) is 2.34. The highest BCUT2D eigenvalue weighted by molar-refractivity contribution is 5.86. The van der Waals surface area contributed by atoms with Crippen LogP contribution in [0.1, 0.15) is 17.5 Å². The number of amides is 1. The Labute approximate surface area is 123 Å². The molecule has 0 saturated carbocycles. The number of nitrogens with zero attached hydrogens (tertiary/aromatic N) is 1. The van der Waals surface area contributed by atoms with E-state index in [9.17, 15) is 9.59 Å². The van der Waals surface area contributed by atoms with E-state index in [0.717, 1.165) is 11.1 Å². The van der Waals surface area contributed by atoms with Crippen molar-refractivity contribution in [2.45, 2.75) is 25.6 Å². The van der Waals surface area contributed by atoms with Crippen molar-refractivity contribution in [1.29, 1.82) is 0 Å². The molecule has 0 aromatic heterocycles. The average molecular weight is 292 g/mol. The van der Waals surface area contributed by atoms with Crippen LogP contribution in [0.15, 0.2) is 24.3 Å². The molecule has 0 radical (unpaired) electrons. The third kappa shape index (κ3) is 4.27. The van der Waals surface area contributed by atoms with Crippen molar-refractivity contribution in [3.05, 3.63) is 35.4 Å². The van der Waals surface area contributed by atoms with Crippen LogP contribution in [0.2, 0.25) is 0 Å². The molecule has 114 valence electrons. The molecule has 1 saturated heterocycles. The van der Waals surface area contributed by atoms with Gasteiger partial charge in [-0.1, -0.05) is 24.3 Å². The van der Waals surface area contributed by atoms with Gasteiger partial charge < -0.3 is 15.2 Å². The molecular weight excluding hydrogens is 272 g/mol. The predicted molar refractivity (Wildman–Crippen MR) is 76.6 cm³/mol. The molecule has 1 fully saturated rings. The van der Waals surface area contributed by atoms with Crippen molar-refractivity contribution < 1.29 is 19.4 Å². The van der Waals surface area contributed by atoms with Crippen molar-refractivity contribution in [3.63, 3.8) is 0 Å². The van der Waals surface area contributed by atoms with Gasteiger partial charge in [-0.2, -0.15) is 0 Å². The molecule has 1 amide bonds. The van der Waals surface area contributed by atoms with Gasteiger partial charge in [-0.25, -0.2) is 0 Å². The maximum Gasteiger partial charge on any atom is 0.305 e. The summed E-state index contributed by atoms with van der Waals surface area (Å²) in [5.41, 5.74) is 2.14. The van der Waals surface area contributed by atoms with Gasteiger partial charge in [-0.05, 0) is 11.1 Å². The fraction of sp³-hybridized carbons (Fsp3) is 0.467. The summed E-state index contributed by atoms with van der Waals surface area (Å²) in [7, 11) is 1.65. The zero-order chi connectivity index (χ0) is 15.2. The molecule has 6 nitrogen and oxygen atoms in total. The second kappa shape index (κ2) is 7.19. The molecule has 6 heteroatoms. The van der Waals surface area contributed by atoms with Crippen molar-refractivity contribution >= 4 is 11.9 Å². The topological polar surface area (TPSA) is 78.9 Å². The average Bonchev–Trinajstić information content (AvgIpc) is 2.45. The lowest BCUT2D eigenvalue weighted by Gasteiger charge is -2.34. The highest BCUT2D eigenvalue weighted by Gasteiger charge is 2.31. The SMILES string of the molecule is COCc1ccc(CN2CCNC(=O)C2CC(=O)O)cc1. The van der Waals surface area contributed by atoms with Crippen LogP contribution in [0.25, 0.3) is 0 Å². The first-order valence-electron chi connectivity index (χ1n) is 6.90. The van der Waals surface area contributed by atoms with E-state index in [-0.39, 0.29) is 12.3 Å². The predicted octanol–water partition coefficient (Wildman–Crippen LogP) is 0.608. The van der Waals surface area contributed by atoms with Crippen molar-refractivity contribution in [3.8, 4) is 0 Å².